The summed E-state index contributed by atoms with van der Waals surface area (Å²) >= 11 is 0. The van der Waals surface area contributed by atoms with Crippen LogP contribution in [0.5, 0.6) is 0 Å². The molecule has 0 aliphatic carbocycles. The van der Waals surface area contributed by atoms with Crippen molar-refractivity contribution in [3.05, 3.63) is 0 Å². The second-order valence-corrected chi connectivity index (χ2v) is 7.44. The molecule has 0 aliphatic rings. The number of carbonyl (C=O) groups is 2. The molecular weight excluding hydrogens is 274 g/mol. The van der Waals surface area contributed by atoms with Crippen LogP contribution >= 0.6 is 0 Å². The van der Waals surface area contributed by atoms with E-state index in [1.165, 1.54) is 0 Å². The molecule has 0 bridgehead atoms. The normalized spacial score (nSPS) is 14.1. The van der Waals surface area contributed by atoms with Gasteiger partial charge in [-0.2, -0.15) is 0 Å². The SMILES string of the molecule is CC(C)(C)CCS(=O)(=O)NC(CCC(=O)O)C(=O)O. The minimum Gasteiger partial charge on any atom is -0.481 e. The predicted octanol–water partition coefficient (Wildman–Crippen LogP) is 0.660. The molecule has 0 heterocycles. The van der Waals surface area contributed by atoms with Gasteiger partial charge in [0, 0.05) is 6.42 Å². The first-order valence-electron chi connectivity index (χ1n) is 5.87. The highest BCUT2D eigenvalue weighted by atomic mass is 32.2. The molecule has 0 radical (unpaired) electrons. The van der Waals surface area contributed by atoms with Crippen molar-refractivity contribution in [3.63, 3.8) is 0 Å². The summed E-state index contributed by atoms with van der Waals surface area (Å²) in [6, 6.07) is -1.40. The lowest BCUT2D eigenvalue weighted by molar-refractivity contribution is -0.140. The Balaban J connectivity index is 4.56. The summed E-state index contributed by atoms with van der Waals surface area (Å²) in [5.74, 6) is -2.73. The summed E-state index contributed by atoms with van der Waals surface area (Å²) in [7, 11) is -3.73. The van der Waals surface area contributed by atoms with Crippen LogP contribution in [0.1, 0.15) is 40.0 Å². The van der Waals surface area contributed by atoms with E-state index in [4.69, 9.17) is 10.2 Å². The molecule has 0 spiro atoms. The molecule has 0 rings (SSSR count). The molecule has 0 aromatic rings. The Morgan fingerprint density at radius 1 is 1.21 bits per heavy atom. The minimum atomic E-state index is -3.73. The van der Waals surface area contributed by atoms with E-state index >= 15 is 0 Å². The van der Waals surface area contributed by atoms with Crippen LogP contribution in [-0.4, -0.2) is 42.4 Å². The monoisotopic (exact) mass is 295 g/mol. The van der Waals surface area contributed by atoms with Crippen LogP contribution in [-0.2, 0) is 19.6 Å². The van der Waals surface area contributed by atoms with Crippen molar-refractivity contribution in [1.82, 2.24) is 4.72 Å². The third-order valence-electron chi connectivity index (χ3n) is 2.39. The molecule has 0 amide bonds. The zero-order valence-corrected chi connectivity index (χ0v) is 12.2. The van der Waals surface area contributed by atoms with Gasteiger partial charge in [-0.05, 0) is 18.3 Å². The van der Waals surface area contributed by atoms with Crippen LogP contribution < -0.4 is 4.72 Å². The highest BCUT2D eigenvalue weighted by molar-refractivity contribution is 7.89. The summed E-state index contributed by atoms with van der Waals surface area (Å²) in [6.45, 7) is 5.63. The molecular formula is C11H21NO6S. The van der Waals surface area contributed by atoms with Crippen molar-refractivity contribution < 1.29 is 28.2 Å². The number of carboxylic acid groups (broad SMARTS) is 2. The molecule has 112 valence electrons. The molecule has 0 saturated carbocycles. The highest BCUT2D eigenvalue weighted by Crippen LogP contribution is 2.19. The Morgan fingerprint density at radius 2 is 1.74 bits per heavy atom. The Labute approximate surface area is 113 Å². The van der Waals surface area contributed by atoms with Crippen molar-refractivity contribution in [2.75, 3.05) is 5.75 Å². The van der Waals surface area contributed by atoms with Crippen molar-refractivity contribution in [2.45, 2.75) is 46.1 Å². The number of aliphatic carboxylic acids is 2. The number of hydrogen-bond donors (Lipinski definition) is 3. The molecule has 7 nitrogen and oxygen atoms in total. The Kier molecular flexibility index (Phi) is 6.44. The van der Waals surface area contributed by atoms with Crippen LogP contribution in [0.2, 0.25) is 0 Å². The summed E-state index contributed by atoms with van der Waals surface area (Å²) in [5.41, 5.74) is -0.186. The average molecular weight is 295 g/mol. The van der Waals surface area contributed by atoms with Crippen molar-refractivity contribution >= 4 is 22.0 Å². The van der Waals surface area contributed by atoms with E-state index in [0.717, 1.165) is 0 Å². The van der Waals surface area contributed by atoms with E-state index < -0.39 is 34.4 Å². The maximum atomic E-state index is 11.7. The molecule has 1 atom stereocenters. The smallest absolute Gasteiger partial charge is 0.321 e. The Morgan fingerprint density at radius 3 is 2.11 bits per heavy atom. The van der Waals surface area contributed by atoms with Crippen LogP contribution in [0, 0.1) is 5.41 Å². The third-order valence-corrected chi connectivity index (χ3v) is 3.77. The lowest BCUT2D eigenvalue weighted by Gasteiger charge is -2.19. The molecule has 0 aliphatic heterocycles. The Bertz CT molecular complexity index is 423. The van der Waals surface area contributed by atoms with Gasteiger partial charge in [0.05, 0.1) is 5.75 Å². The van der Waals surface area contributed by atoms with Gasteiger partial charge in [-0.25, -0.2) is 13.1 Å². The van der Waals surface area contributed by atoms with Gasteiger partial charge < -0.3 is 10.2 Å². The fraction of sp³-hybridized carbons (Fsp3) is 0.818. The average Bonchev–Trinajstić information content (AvgIpc) is 2.20. The fourth-order valence-corrected chi connectivity index (χ4v) is 2.87. The lowest BCUT2D eigenvalue weighted by Crippen LogP contribution is -2.42. The molecule has 0 fully saturated rings. The van der Waals surface area contributed by atoms with Crippen LogP contribution in [0.15, 0.2) is 0 Å². The van der Waals surface area contributed by atoms with Gasteiger partial charge in [-0.1, -0.05) is 20.8 Å². The molecule has 8 heteroatoms. The second-order valence-electron chi connectivity index (χ2n) is 5.57. The summed E-state index contributed by atoms with van der Waals surface area (Å²) in [4.78, 5) is 21.2. The van der Waals surface area contributed by atoms with Crippen molar-refractivity contribution in [1.29, 1.82) is 0 Å². The Hall–Kier alpha value is -1.15. The van der Waals surface area contributed by atoms with Gasteiger partial charge in [-0.15, -0.1) is 0 Å². The lowest BCUT2D eigenvalue weighted by atomic mass is 9.94. The highest BCUT2D eigenvalue weighted by Gasteiger charge is 2.25. The first kappa shape index (κ1) is 17.8. The van der Waals surface area contributed by atoms with E-state index in [-0.39, 0.29) is 17.6 Å². The van der Waals surface area contributed by atoms with Crippen molar-refractivity contribution in [3.8, 4) is 0 Å². The molecule has 3 N–H and O–H groups in total. The van der Waals surface area contributed by atoms with Gasteiger partial charge in [0.25, 0.3) is 0 Å². The molecule has 19 heavy (non-hydrogen) atoms. The largest absolute Gasteiger partial charge is 0.481 e. The summed E-state index contributed by atoms with van der Waals surface area (Å²) < 4.78 is 25.5. The van der Waals surface area contributed by atoms with E-state index in [2.05, 4.69) is 0 Å². The van der Waals surface area contributed by atoms with Gasteiger partial charge >= 0.3 is 11.9 Å². The topological polar surface area (TPSA) is 121 Å². The van der Waals surface area contributed by atoms with E-state index in [9.17, 15) is 18.0 Å². The van der Waals surface area contributed by atoms with Gasteiger partial charge in [-0.3, -0.25) is 9.59 Å². The standard InChI is InChI=1S/C11H21NO6S/c1-11(2,3)6-7-19(17,18)12-8(10(15)16)4-5-9(13)14/h8,12H,4-7H2,1-3H3,(H,13,14)(H,15,16). The number of hydrogen-bond acceptors (Lipinski definition) is 4. The molecule has 0 aromatic carbocycles. The fourth-order valence-electron chi connectivity index (χ4n) is 1.22. The maximum absolute atomic E-state index is 11.7. The van der Waals surface area contributed by atoms with Gasteiger partial charge in [0.2, 0.25) is 10.0 Å². The zero-order valence-electron chi connectivity index (χ0n) is 11.3. The third kappa shape index (κ3) is 9.43. The summed E-state index contributed by atoms with van der Waals surface area (Å²) in [6.07, 6.45) is -0.300. The molecule has 0 saturated heterocycles. The van der Waals surface area contributed by atoms with Gasteiger partial charge in [0.1, 0.15) is 6.04 Å². The maximum Gasteiger partial charge on any atom is 0.321 e. The number of nitrogens with one attached hydrogen (secondary N) is 1. The first-order chi connectivity index (χ1) is 8.43. The van der Waals surface area contributed by atoms with Crippen LogP contribution in [0.3, 0.4) is 0 Å². The quantitative estimate of drug-likeness (QED) is 0.605. The second kappa shape index (κ2) is 6.85. The predicted molar refractivity (Wildman–Crippen MR) is 69.3 cm³/mol. The van der Waals surface area contributed by atoms with Crippen molar-refractivity contribution in [2.24, 2.45) is 5.41 Å². The summed E-state index contributed by atoms with van der Waals surface area (Å²) in [5, 5.41) is 17.3. The number of rotatable bonds is 8. The first-order valence-corrected chi connectivity index (χ1v) is 7.53. The van der Waals surface area contributed by atoms with Crippen LogP contribution in [0.25, 0.3) is 0 Å². The van der Waals surface area contributed by atoms with E-state index in [1.807, 2.05) is 25.5 Å². The zero-order chi connectivity index (χ0) is 15.3. The van der Waals surface area contributed by atoms with Crippen LogP contribution in [0.4, 0.5) is 0 Å². The molecule has 1 unspecified atom stereocenters. The number of sulfonamides is 1. The van der Waals surface area contributed by atoms with E-state index in [0.29, 0.717) is 6.42 Å². The number of carboxylic acids is 2. The molecule has 0 aromatic heterocycles. The van der Waals surface area contributed by atoms with Gasteiger partial charge in [0.15, 0.2) is 0 Å². The van der Waals surface area contributed by atoms with E-state index in [1.54, 1.807) is 0 Å². The minimum absolute atomic E-state index is 0.186.